The van der Waals surface area contributed by atoms with Gasteiger partial charge in [0.15, 0.2) is 0 Å². The SMILES string of the molecule is COC1C(CO)=CC(n2c(Cl)cc3c(=O)[13c]4[13c](O)[13c](Cl)cc(C)[13c]4oc32)C(O)C1O. The topological polar surface area (TPSA) is 125 Å². The van der Waals surface area contributed by atoms with Crippen LogP contribution in [0.15, 0.2) is 33.0 Å². The number of hydrogen-bond donors (Lipinski definition) is 4. The van der Waals surface area contributed by atoms with Crippen LogP contribution in [0.25, 0.3) is 22.1 Å². The molecule has 4 unspecified atom stereocenters. The van der Waals surface area contributed by atoms with E-state index < -0.39 is 42.1 Å². The molecule has 0 saturated carbocycles. The van der Waals surface area contributed by atoms with Gasteiger partial charge >= 0.3 is 0 Å². The van der Waals surface area contributed by atoms with Crippen molar-refractivity contribution in [3.63, 3.8) is 0 Å². The first kappa shape index (κ1) is 21.2. The summed E-state index contributed by atoms with van der Waals surface area (Å²) in [5, 5.41) is 41.2. The molecule has 0 amide bonds. The van der Waals surface area contributed by atoms with Gasteiger partial charge in [-0.25, -0.2) is 0 Å². The van der Waals surface area contributed by atoms with E-state index in [1.165, 1.54) is 29.9 Å². The third-order valence-corrected chi connectivity index (χ3v) is 6.08. The minimum absolute atomic E-state index is 0.0177. The number of fused-ring (bicyclic) bond motifs is 2. The van der Waals surface area contributed by atoms with Crippen LogP contribution < -0.4 is 5.43 Å². The van der Waals surface area contributed by atoms with E-state index in [0.717, 1.165) is 0 Å². The molecule has 30 heavy (non-hydrogen) atoms. The molecule has 0 saturated heterocycles. The second-order valence-corrected chi connectivity index (χ2v) is 8.04. The van der Waals surface area contributed by atoms with E-state index in [9.17, 15) is 25.2 Å². The van der Waals surface area contributed by atoms with Crippen LogP contribution in [0.2, 0.25) is 10.2 Å². The van der Waals surface area contributed by atoms with E-state index in [1.807, 2.05) is 0 Å². The lowest BCUT2D eigenvalue weighted by Crippen LogP contribution is -2.48. The number of aliphatic hydroxyl groups is 3. The van der Waals surface area contributed by atoms with Crippen molar-refractivity contribution in [2.45, 2.75) is 31.3 Å². The molecule has 8 nitrogen and oxygen atoms in total. The van der Waals surface area contributed by atoms with E-state index in [0.29, 0.717) is 11.1 Å². The van der Waals surface area contributed by atoms with Crippen LogP contribution in [-0.2, 0) is 4.74 Å². The van der Waals surface area contributed by atoms with E-state index >= 15 is 0 Å². The van der Waals surface area contributed by atoms with Crippen molar-refractivity contribution in [1.82, 2.24) is 4.57 Å². The number of aryl methyl sites for hydroxylation is 1. The quantitative estimate of drug-likeness (QED) is 0.442. The lowest BCUT2D eigenvalue weighted by molar-refractivity contribution is -0.0827. The maximum Gasteiger partial charge on any atom is 0.213 e. The summed E-state index contributed by atoms with van der Waals surface area (Å²) in [6.45, 7) is 1.26. The summed E-state index contributed by atoms with van der Waals surface area (Å²) < 4.78 is 12.5. The molecular formula is C20H19Cl2NO7. The normalized spacial score (nSPS) is 24.6. The summed E-state index contributed by atoms with van der Waals surface area (Å²) in [6.07, 6.45) is -2.08. The van der Waals surface area contributed by atoms with Crippen molar-refractivity contribution >= 4 is 45.3 Å². The molecule has 4 N–H and O–H groups in total. The average molecular weight is 460 g/mol. The second-order valence-electron chi connectivity index (χ2n) is 7.24. The lowest BCUT2D eigenvalue weighted by atomic mass is 9.88. The van der Waals surface area contributed by atoms with Crippen LogP contribution in [0, 0.1) is 6.92 Å². The maximum absolute atomic E-state index is 13.1. The molecule has 4 rings (SSSR count). The highest BCUT2D eigenvalue weighted by Crippen LogP contribution is 2.39. The molecule has 10 heteroatoms. The van der Waals surface area contributed by atoms with Crippen molar-refractivity contribution in [2.75, 3.05) is 13.7 Å². The zero-order valence-corrected chi connectivity index (χ0v) is 17.5. The Morgan fingerprint density at radius 3 is 2.57 bits per heavy atom. The summed E-state index contributed by atoms with van der Waals surface area (Å²) in [4.78, 5) is 13.1. The Morgan fingerprint density at radius 1 is 1.23 bits per heavy atom. The summed E-state index contributed by atoms with van der Waals surface area (Å²) in [5.74, 6) is -0.393. The Kier molecular flexibility index (Phi) is 5.34. The van der Waals surface area contributed by atoms with Gasteiger partial charge < -0.3 is 29.6 Å². The number of benzene rings is 1. The van der Waals surface area contributed by atoms with Gasteiger partial charge in [0.25, 0.3) is 0 Å². The number of rotatable bonds is 3. The number of aliphatic hydroxyl groups excluding tert-OH is 3. The monoisotopic (exact) mass is 459 g/mol. The van der Waals surface area contributed by atoms with Gasteiger partial charge in [-0.2, -0.15) is 0 Å². The van der Waals surface area contributed by atoms with Gasteiger partial charge in [-0.1, -0.05) is 29.3 Å². The fraction of sp³-hybridized carbons (Fsp3) is 0.350. The molecule has 1 aliphatic rings. The predicted molar refractivity (Wildman–Crippen MR) is 111 cm³/mol. The second kappa shape index (κ2) is 7.56. The molecule has 2 heterocycles. The Labute approximate surface area is 180 Å². The third kappa shape index (κ3) is 2.95. The zero-order valence-electron chi connectivity index (χ0n) is 16.0. The summed E-state index contributed by atoms with van der Waals surface area (Å²) in [7, 11) is 1.36. The van der Waals surface area contributed by atoms with Crippen molar-refractivity contribution in [1.29, 1.82) is 0 Å². The standard InChI is InChI=1S/C20H19Cl2NO7/c1-7-3-10(21)15(26)13-14(25)9-5-12(22)23(20(9)30-18(7)13)11-4-8(6-24)19(29-2)17(28)16(11)27/h3-5,11,16-17,19,24,26-28H,6H2,1-2H3/i10+1,13+1,15+1,18+1. The number of halogens is 2. The van der Waals surface area contributed by atoms with Gasteiger partial charge in [0, 0.05) is 7.11 Å². The zero-order chi connectivity index (χ0) is 21.9. The number of phenolic OH excluding ortho intramolecular Hbond substituents is 1. The smallest absolute Gasteiger partial charge is 0.213 e. The number of nitrogens with zero attached hydrogens (tertiary/aromatic N) is 1. The van der Waals surface area contributed by atoms with Crippen LogP contribution in [-0.4, -0.2) is 57.0 Å². The summed E-state index contributed by atoms with van der Waals surface area (Å²) >= 11 is 12.4. The summed E-state index contributed by atoms with van der Waals surface area (Å²) in [6, 6.07) is 1.88. The van der Waals surface area contributed by atoms with Crippen molar-refractivity contribution in [3.05, 3.63) is 49.7 Å². The first-order valence-electron chi connectivity index (χ1n) is 9.06. The number of aromatic hydroxyl groups is 1. The van der Waals surface area contributed by atoms with Gasteiger partial charge in [0.1, 0.15) is 40.2 Å². The van der Waals surface area contributed by atoms with Crippen molar-refractivity contribution in [2.24, 2.45) is 0 Å². The Bertz CT molecular complexity index is 1250. The third-order valence-electron chi connectivity index (χ3n) is 5.50. The number of aromatic nitrogens is 1. The Morgan fingerprint density at radius 2 is 1.93 bits per heavy atom. The molecule has 0 radical (unpaired) electrons. The van der Waals surface area contributed by atoms with Crippen LogP contribution in [0.3, 0.4) is 0 Å². The maximum atomic E-state index is 13.1. The molecule has 160 valence electrons. The number of hydrogen-bond acceptors (Lipinski definition) is 7. The fourth-order valence-electron chi connectivity index (χ4n) is 4.02. The molecule has 0 fully saturated rings. The van der Waals surface area contributed by atoms with E-state index in [2.05, 4.69) is 0 Å². The van der Waals surface area contributed by atoms with Gasteiger partial charge in [-0.05, 0) is 30.2 Å². The van der Waals surface area contributed by atoms with E-state index in [-0.39, 0.29) is 32.2 Å². The number of phenols is 1. The lowest BCUT2D eigenvalue weighted by Gasteiger charge is -2.36. The van der Waals surface area contributed by atoms with Crippen molar-refractivity contribution < 1.29 is 29.6 Å². The number of methoxy groups -OCH3 is 1. The van der Waals surface area contributed by atoms with E-state index in [1.54, 1.807) is 6.92 Å². The molecular weight excluding hydrogens is 441 g/mol. The van der Waals surface area contributed by atoms with Crippen molar-refractivity contribution in [3.8, 4) is 5.75 Å². The molecule has 0 bridgehead atoms. The van der Waals surface area contributed by atoms with Gasteiger partial charge in [-0.15, -0.1) is 0 Å². The van der Waals surface area contributed by atoms with Gasteiger partial charge in [0.2, 0.25) is 11.1 Å². The van der Waals surface area contributed by atoms with Crippen LogP contribution in [0.5, 0.6) is 5.75 Å². The molecule has 4 atom stereocenters. The Balaban J connectivity index is 2.05. The van der Waals surface area contributed by atoms with Crippen LogP contribution >= 0.6 is 23.2 Å². The molecule has 2 aromatic heterocycles. The van der Waals surface area contributed by atoms with Crippen LogP contribution in [0.1, 0.15) is 11.6 Å². The first-order chi connectivity index (χ1) is 14.2. The first-order valence-corrected chi connectivity index (χ1v) is 9.82. The molecule has 1 aliphatic carbocycles. The Hall–Kier alpha value is -2.07. The molecule has 1 aromatic carbocycles. The molecule has 0 aliphatic heterocycles. The minimum Gasteiger partial charge on any atom is -0.505 e. The molecule has 3 aromatic rings. The minimum atomic E-state index is -1.36. The highest BCUT2D eigenvalue weighted by Gasteiger charge is 2.40. The predicted octanol–water partition coefficient (Wildman–Crippen LogP) is 2.28. The van der Waals surface area contributed by atoms with E-state index in [4.69, 9.17) is 32.4 Å². The fourth-order valence-corrected chi connectivity index (χ4v) is 4.57. The molecule has 0 spiro atoms. The van der Waals surface area contributed by atoms with Gasteiger partial charge in [0.05, 0.1) is 23.1 Å². The van der Waals surface area contributed by atoms with Gasteiger partial charge in [-0.3, -0.25) is 9.36 Å². The summed E-state index contributed by atoms with van der Waals surface area (Å²) in [5.41, 5.74) is 0.496. The van der Waals surface area contributed by atoms with Crippen LogP contribution in [0.4, 0.5) is 0 Å². The average Bonchev–Trinajstić information content (AvgIpc) is 3.04. The highest BCUT2D eigenvalue weighted by atomic mass is 35.5. The largest absolute Gasteiger partial charge is 0.505 e. The highest BCUT2D eigenvalue weighted by molar-refractivity contribution is 6.33. The number of ether oxygens (including phenoxy) is 1.